The van der Waals surface area contributed by atoms with Crippen LogP contribution in [0.1, 0.15) is 18.2 Å². The molecule has 27 heavy (non-hydrogen) atoms. The van der Waals surface area contributed by atoms with E-state index in [2.05, 4.69) is 15.1 Å². The number of aryl methyl sites for hydroxylation is 1. The van der Waals surface area contributed by atoms with Crippen LogP contribution in [0.15, 0.2) is 36.5 Å². The van der Waals surface area contributed by atoms with E-state index in [1.165, 1.54) is 6.07 Å². The number of halogens is 2. The topological polar surface area (TPSA) is 72.9 Å². The highest BCUT2D eigenvalue weighted by molar-refractivity contribution is 5.54. The second kappa shape index (κ2) is 7.03. The Kier molecular flexibility index (Phi) is 4.57. The summed E-state index contributed by atoms with van der Waals surface area (Å²) in [5, 5.41) is 4.54. The number of aromatic nitrogens is 4. The lowest BCUT2D eigenvalue weighted by molar-refractivity contribution is 0.496. The summed E-state index contributed by atoms with van der Waals surface area (Å²) < 4.78 is 29.8. The van der Waals surface area contributed by atoms with Gasteiger partial charge in [-0.2, -0.15) is 5.10 Å². The Morgan fingerprint density at radius 2 is 1.96 bits per heavy atom. The zero-order valence-electron chi connectivity index (χ0n) is 14.9. The van der Waals surface area contributed by atoms with Gasteiger partial charge in [0.2, 0.25) is 0 Å². The smallest absolute Gasteiger partial charge is 0.183 e. The Balaban J connectivity index is 1.66. The molecule has 1 aromatic carbocycles. The molecule has 2 N–H and O–H groups in total. The van der Waals surface area contributed by atoms with E-state index in [9.17, 15) is 8.78 Å². The second-order valence-corrected chi connectivity index (χ2v) is 6.65. The molecule has 1 saturated heterocycles. The SMILES string of the molecule is CCc1cc(-c2ncc(F)c(N3CC(N)C3)n2)nn1Cc1ccccc1F. The van der Waals surface area contributed by atoms with E-state index in [0.29, 0.717) is 36.7 Å². The van der Waals surface area contributed by atoms with E-state index in [-0.39, 0.29) is 17.7 Å². The van der Waals surface area contributed by atoms with Gasteiger partial charge >= 0.3 is 0 Å². The Morgan fingerprint density at radius 1 is 1.19 bits per heavy atom. The maximum atomic E-state index is 14.1. The van der Waals surface area contributed by atoms with Crippen LogP contribution >= 0.6 is 0 Å². The number of nitrogens with zero attached hydrogens (tertiary/aromatic N) is 5. The molecular weight excluding hydrogens is 350 g/mol. The van der Waals surface area contributed by atoms with Crippen molar-refractivity contribution in [1.29, 1.82) is 0 Å². The average molecular weight is 370 g/mol. The van der Waals surface area contributed by atoms with Crippen LogP contribution in [-0.2, 0) is 13.0 Å². The molecule has 0 radical (unpaired) electrons. The fourth-order valence-corrected chi connectivity index (χ4v) is 3.16. The molecule has 3 heterocycles. The Bertz CT molecular complexity index is 965. The minimum Gasteiger partial charge on any atom is -0.351 e. The third-order valence-electron chi connectivity index (χ3n) is 4.67. The highest BCUT2D eigenvalue weighted by Gasteiger charge is 2.27. The number of hydrogen-bond acceptors (Lipinski definition) is 5. The molecule has 140 valence electrons. The molecule has 3 aromatic rings. The summed E-state index contributed by atoms with van der Waals surface area (Å²) in [5.74, 6) is -0.171. The maximum absolute atomic E-state index is 14.1. The van der Waals surface area contributed by atoms with E-state index in [0.717, 1.165) is 18.3 Å². The predicted octanol–water partition coefficient (Wildman–Crippen LogP) is 2.38. The molecule has 1 fully saturated rings. The molecule has 0 amide bonds. The fraction of sp³-hybridized carbons (Fsp3) is 0.316. The largest absolute Gasteiger partial charge is 0.351 e. The van der Waals surface area contributed by atoms with Crippen molar-refractivity contribution in [1.82, 2.24) is 19.7 Å². The van der Waals surface area contributed by atoms with Gasteiger partial charge < -0.3 is 10.6 Å². The van der Waals surface area contributed by atoms with Gasteiger partial charge in [-0.1, -0.05) is 25.1 Å². The second-order valence-electron chi connectivity index (χ2n) is 6.65. The number of hydrogen-bond donors (Lipinski definition) is 1. The van der Waals surface area contributed by atoms with Gasteiger partial charge in [0.25, 0.3) is 0 Å². The monoisotopic (exact) mass is 370 g/mol. The molecule has 0 aliphatic carbocycles. The van der Waals surface area contributed by atoms with Crippen LogP contribution in [0, 0.1) is 11.6 Å². The predicted molar refractivity (Wildman–Crippen MR) is 98.3 cm³/mol. The standard InChI is InChI=1S/C19H20F2N6/c1-2-14-7-17(25-27(14)9-12-5-3-4-6-15(12)20)18-23-8-16(21)19(24-18)26-10-13(22)11-26/h3-8,13H,2,9-11,22H2,1H3. The van der Waals surface area contributed by atoms with Crippen molar-refractivity contribution < 1.29 is 8.78 Å². The van der Waals surface area contributed by atoms with Gasteiger partial charge in [-0.05, 0) is 18.6 Å². The Morgan fingerprint density at radius 3 is 2.67 bits per heavy atom. The number of benzene rings is 1. The first kappa shape index (κ1) is 17.5. The van der Waals surface area contributed by atoms with Gasteiger partial charge in [-0.25, -0.2) is 18.7 Å². The van der Waals surface area contributed by atoms with E-state index < -0.39 is 5.82 Å². The molecule has 1 aliphatic heterocycles. The molecule has 0 unspecified atom stereocenters. The Hall–Kier alpha value is -2.87. The van der Waals surface area contributed by atoms with Crippen LogP contribution in [0.25, 0.3) is 11.5 Å². The summed E-state index contributed by atoms with van der Waals surface area (Å²) in [7, 11) is 0. The lowest BCUT2D eigenvalue weighted by Gasteiger charge is -2.37. The first-order valence-corrected chi connectivity index (χ1v) is 8.88. The van der Waals surface area contributed by atoms with Crippen LogP contribution in [0.2, 0.25) is 0 Å². The number of nitrogens with two attached hydrogens (primary N) is 1. The molecule has 8 heteroatoms. The summed E-state index contributed by atoms with van der Waals surface area (Å²) >= 11 is 0. The van der Waals surface area contributed by atoms with Gasteiger partial charge in [0.15, 0.2) is 17.5 Å². The highest BCUT2D eigenvalue weighted by Crippen LogP contribution is 2.25. The number of rotatable bonds is 5. The molecule has 2 aromatic heterocycles. The van der Waals surface area contributed by atoms with Crippen molar-refractivity contribution in [2.75, 3.05) is 18.0 Å². The third-order valence-corrected chi connectivity index (χ3v) is 4.67. The first-order chi connectivity index (χ1) is 13.0. The number of anilines is 1. The molecule has 0 atom stereocenters. The summed E-state index contributed by atoms with van der Waals surface area (Å²) in [6, 6.07) is 8.51. The minimum atomic E-state index is -0.479. The first-order valence-electron chi connectivity index (χ1n) is 8.88. The van der Waals surface area contributed by atoms with Crippen LogP contribution < -0.4 is 10.6 Å². The van der Waals surface area contributed by atoms with Crippen LogP contribution in [0.5, 0.6) is 0 Å². The molecule has 0 bridgehead atoms. The molecule has 6 nitrogen and oxygen atoms in total. The van der Waals surface area contributed by atoms with Gasteiger partial charge in [-0.3, -0.25) is 4.68 Å². The fourth-order valence-electron chi connectivity index (χ4n) is 3.16. The van der Waals surface area contributed by atoms with Crippen LogP contribution in [0.4, 0.5) is 14.6 Å². The normalized spacial score (nSPS) is 14.4. The van der Waals surface area contributed by atoms with E-state index in [1.807, 2.05) is 13.0 Å². The third kappa shape index (κ3) is 3.40. The van der Waals surface area contributed by atoms with Crippen molar-refractivity contribution in [2.45, 2.75) is 25.9 Å². The summed E-state index contributed by atoms with van der Waals surface area (Å²) in [6.45, 7) is 3.44. The maximum Gasteiger partial charge on any atom is 0.183 e. The van der Waals surface area contributed by atoms with Crippen molar-refractivity contribution in [3.63, 3.8) is 0 Å². The average Bonchev–Trinajstić information content (AvgIpc) is 3.04. The summed E-state index contributed by atoms with van der Waals surface area (Å²) in [5.41, 5.74) is 7.79. The van der Waals surface area contributed by atoms with E-state index in [1.54, 1.807) is 27.8 Å². The zero-order valence-corrected chi connectivity index (χ0v) is 14.9. The molecule has 1 aliphatic rings. The molecule has 4 rings (SSSR count). The summed E-state index contributed by atoms with van der Waals surface area (Å²) in [4.78, 5) is 10.2. The van der Waals surface area contributed by atoms with Crippen LogP contribution in [0.3, 0.4) is 0 Å². The summed E-state index contributed by atoms with van der Waals surface area (Å²) in [6.07, 6.45) is 1.87. The molecule has 0 saturated carbocycles. The van der Waals surface area contributed by atoms with Crippen LogP contribution in [-0.4, -0.2) is 38.9 Å². The van der Waals surface area contributed by atoms with E-state index >= 15 is 0 Å². The quantitative estimate of drug-likeness (QED) is 0.747. The lowest BCUT2D eigenvalue weighted by atomic mass is 10.1. The lowest BCUT2D eigenvalue weighted by Crippen LogP contribution is -2.56. The molecular formula is C19H20F2N6. The van der Waals surface area contributed by atoms with Crippen molar-refractivity contribution in [3.05, 3.63) is 59.4 Å². The van der Waals surface area contributed by atoms with E-state index in [4.69, 9.17) is 5.73 Å². The van der Waals surface area contributed by atoms with Gasteiger partial charge in [0, 0.05) is 30.4 Å². The van der Waals surface area contributed by atoms with Crippen molar-refractivity contribution >= 4 is 5.82 Å². The zero-order chi connectivity index (χ0) is 19.0. The minimum absolute atomic E-state index is 0.0366. The Labute approximate surface area is 155 Å². The van der Waals surface area contributed by atoms with Gasteiger partial charge in [0.05, 0.1) is 12.7 Å². The van der Waals surface area contributed by atoms with Crippen molar-refractivity contribution in [2.24, 2.45) is 5.73 Å². The molecule has 0 spiro atoms. The van der Waals surface area contributed by atoms with Crippen molar-refractivity contribution in [3.8, 4) is 11.5 Å². The van der Waals surface area contributed by atoms with Gasteiger partial charge in [0.1, 0.15) is 11.5 Å². The highest BCUT2D eigenvalue weighted by atomic mass is 19.1. The van der Waals surface area contributed by atoms with Gasteiger partial charge in [-0.15, -0.1) is 0 Å².